The van der Waals surface area contributed by atoms with Crippen LogP contribution in [0.4, 0.5) is 5.95 Å². The van der Waals surface area contributed by atoms with Crippen LogP contribution in [-0.4, -0.2) is 22.1 Å². The second kappa shape index (κ2) is 4.55. The number of halogens is 1. The van der Waals surface area contributed by atoms with Gasteiger partial charge in [0.25, 0.3) is 0 Å². The maximum absolute atomic E-state index is 5.95. The van der Waals surface area contributed by atoms with E-state index in [-0.39, 0.29) is 5.95 Å². The first-order valence-corrected chi connectivity index (χ1v) is 5.30. The number of nitrogens with zero attached hydrogens (tertiary/aromatic N) is 3. The van der Waals surface area contributed by atoms with Gasteiger partial charge in [-0.1, -0.05) is 11.6 Å². The lowest BCUT2D eigenvalue weighted by Gasteiger charge is -2.08. The molecule has 0 saturated heterocycles. The summed E-state index contributed by atoms with van der Waals surface area (Å²) in [4.78, 5) is 12.2. The number of nitrogen functional groups attached to an aromatic ring is 1. The molecule has 88 valence electrons. The Labute approximate surface area is 104 Å². The number of hydrogen-bond donors (Lipinski definition) is 1. The van der Waals surface area contributed by atoms with E-state index < -0.39 is 0 Å². The van der Waals surface area contributed by atoms with Crippen LogP contribution in [0.25, 0.3) is 11.4 Å². The van der Waals surface area contributed by atoms with Gasteiger partial charge in [-0.25, -0.2) is 4.98 Å². The third-order valence-corrected chi connectivity index (χ3v) is 2.40. The van der Waals surface area contributed by atoms with Crippen LogP contribution in [0.2, 0.25) is 5.02 Å². The molecule has 17 heavy (non-hydrogen) atoms. The average Bonchev–Trinajstić information content (AvgIpc) is 2.27. The standard InChI is InChI=1S/C11H11ClN4O/c1-6-14-10(16-11(13)15-6)8-5-7(12)3-4-9(8)17-2/h3-5H,1-2H3,(H2,13,14,15,16). The summed E-state index contributed by atoms with van der Waals surface area (Å²) >= 11 is 5.95. The van der Waals surface area contributed by atoms with E-state index in [4.69, 9.17) is 22.1 Å². The number of aryl methyl sites for hydroxylation is 1. The fourth-order valence-electron chi connectivity index (χ4n) is 1.48. The van der Waals surface area contributed by atoms with Crippen molar-refractivity contribution in [2.24, 2.45) is 0 Å². The lowest BCUT2D eigenvalue weighted by Crippen LogP contribution is -2.02. The van der Waals surface area contributed by atoms with Crippen LogP contribution in [0.3, 0.4) is 0 Å². The van der Waals surface area contributed by atoms with Crippen LogP contribution in [0.5, 0.6) is 5.75 Å². The average molecular weight is 251 g/mol. The zero-order valence-electron chi connectivity index (χ0n) is 9.44. The molecule has 1 aromatic carbocycles. The van der Waals surface area contributed by atoms with Gasteiger partial charge in [-0.15, -0.1) is 0 Å². The molecule has 0 aliphatic heterocycles. The smallest absolute Gasteiger partial charge is 0.223 e. The summed E-state index contributed by atoms with van der Waals surface area (Å²) in [5.41, 5.74) is 6.28. The fourth-order valence-corrected chi connectivity index (χ4v) is 1.65. The second-order valence-electron chi connectivity index (χ2n) is 3.41. The van der Waals surface area contributed by atoms with Crippen molar-refractivity contribution in [3.8, 4) is 17.1 Å². The monoisotopic (exact) mass is 250 g/mol. The molecule has 1 aromatic heterocycles. The molecule has 0 atom stereocenters. The first kappa shape index (κ1) is 11.6. The van der Waals surface area contributed by atoms with Crippen molar-refractivity contribution in [3.05, 3.63) is 29.0 Å². The number of benzene rings is 1. The highest BCUT2D eigenvalue weighted by Crippen LogP contribution is 2.30. The molecule has 0 amide bonds. The van der Waals surface area contributed by atoms with Crippen LogP contribution in [0, 0.1) is 6.92 Å². The number of methoxy groups -OCH3 is 1. The summed E-state index contributed by atoms with van der Waals surface area (Å²) in [5.74, 6) is 1.82. The lowest BCUT2D eigenvalue weighted by atomic mass is 10.2. The maximum Gasteiger partial charge on any atom is 0.223 e. The van der Waals surface area contributed by atoms with E-state index in [1.54, 1.807) is 32.2 Å². The zero-order valence-corrected chi connectivity index (χ0v) is 10.2. The lowest BCUT2D eigenvalue weighted by molar-refractivity contribution is 0.416. The molecule has 0 spiro atoms. The Morgan fingerprint density at radius 2 is 2.00 bits per heavy atom. The normalized spacial score (nSPS) is 10.3. The Kier molecular flexibility index (Phi) is 3.10. The molecule has 0 aliphatic rings. The quantitative estimate of drug-likeness (QED) is 0.883. The molecule has 2 aromatic rings. The van der Waals surface area contributed by atoms with E-state index in [1.807, 2.05) is 0 Å². The van der Waals surface area contributed by atoms with Crippen molar-refractivity contribution >= 4 is 17.5 Å². The van der Waals surface area contributed by atoms with Gasteiger partial charge in [-0.05, 0) is 25.1 Å². The Morgan fingerprint density at radius 3 is 2.65 bits per heavy atom. The Morgan fingerprint density at radius 1 is 1.24 bits per heavy atom. The Balaban J connectivity index is 2.62. The first-order chi connectivity index (χ1) is 8.10. The van der Waals surface area contributed by atoms with Crippen molar-refractivity contribution in [3.63, 3.8) is 0 Å². The molecule has 0 radical (unpaired) electrons. The minimum atomic E-state index is 0.175. The SMILES string of the molecule is COc1ccc(Cl)cc1-c1nc(C)nc(N)n1. The van der Waals surface area contributed by atoms with Crippen LogP contribution in [0.1, 0.15) is 5.82 Å². The van der Waals surface area contributed by atoms with Crippen LogP contribution >= 0.6 is 11.6 Å². The van der Waals surface area contributed by atoms with Gasteiger partial charge in [0.2, 0.25) is 5.95 Å². The van der Waals surface area contributed by atoms with Crippen molar-refractivity contribution in [1.82, 2.24) is 15.0 Å². The van der Waals surface area contributed by atoms with Gasteiger partial charge < -0.3 is 10.5 Å². The summed E-state index contributed by atoms with van der Waals surface area (Å²) in [7, 11) is 1.57. The molecular formula is C11H11ClN4O. The summed E-state index contributed by atoms with van der Waals surface area (Å²) in [6.45, 7) is 1.75. The molecule has 2 N–H and O–H groups in total. The first-order valence-electron chi connectivity index (χ1n) is 4.92. The molecule has 0 bridgehead atoms. The molecule has 1 heterocycles. The summed E-state index contributed by atoms with van der Waals surface area (Å²) in [6, 6.07) is 5.23. The van der Waals surface area contributed by atoms with Crippen LogP contribution < -0.4 is 10.5 Å². The highest BCUT2D eigenvalue weighted by Gasteiger charge is 2.11. The minimum absolute atomic E-state index is 0.175. The predicted octanol–water partition coefficient (Wildman–Crippen LogP) is 2.09. The van der Waals surface area contributed by atoms with Gasteiger partial charge in [-0.3, -0.25) is 0 Å². The number of aromatic nitrogens is 3. The number of hydrogen-bond acceptors (Lipinski definition) is 5. The highest BCUT2D eigenvalue weighted by atomic mass is 35.5. The topological polar surface area (TPSA) is 73.9 Å². The number of anilines is 1. The molecule has 5 nitrogen and oxygen atoms in total. The van der Waals surface area contributed by atoms with Crippen molar-refractivity contribution < 1.29 is 4.74 Å². The van der Waals surface area contributed by atoms with Crippen LogP contribution in [0.15, 0.2) is 18.2 Å². The maximum atomic E-state index is 5.95. The van der Waals surface area contributed by atoms with E-state index in [9.17, 15) is 0 Å². The Bertz CT molecular complexity index is 539. The van der Waals surface area contributed by atoms with E-state index in [2.05, 4.69) is 15.0 Å². The summed E-state index contributed by atoms with van der Waals surface area (Å²) < 4.78 is 5.23. The van der Waals surface area contributed by atoms with Gasteiger partial charge in [0, 0.05) is 5.02 Å². The van der Waals surface area contributed by atoms with Crippen molar-refractivity contribution in [2.45, 2.75) is 6.92 Å². The van der Waals surface area contributed by atoms with E-state index in [0.717, 1.165) is 0 Å². The fraction of sp³-hybridized carbons (Fsp3) is 0.182. The summed E-state index contributed by atoms with van der Waals surface area (Å²) in [5, 5.41) is 0.581. The van der Waals surface area contributed by atoms with Crippen molar-refractivity contribution in [1.29, 1.82) is 0 Å². The number of rotatable bonds is 2. The van der Waals surface area contributed by atoms with Gasteiger partial charge >= 0.3 is 0 Å². The second-order valence-corrected chi connectivity index (χ2v) is 3.85. The van der Waals surface area contributed by atoms with E-state index in [0.29, 0.717) is 28.0 Å². The molecule has 0 aliphatic carbocycles. The third-order valence-electron chi connectivity index (χ3n) is 2.17. The predicted molar refractivity (Wildman–Crippen MR) is 66.0 cm³/mol. The summed E-state index contributed by atoms with van der Waals surface area (Å²) in [6.07, 6.45) is 0. The van der Waals surface area contributed by atoms with Gasteiger partial charge in [0.1, 0.15) is 11.6 Å². The van der Waals surface area contributed by atoms with Crippen LogP contribution in [-0.2, 0) is 0 Å². The molecular weight excluding hydrogens is 240 g/mol. The largest absolute Gasteiger partial charge is 0.496 e. The molecule has 0 fully saturated rings. The number of nitrogens with two attached hydrogens (primary N) is 1. The highest BCUT2D eigenvalue weighted by molar-refractivity contribution is 6.30. The Hall–Kier alpha value is -1.88. The van der Waals surface area contributed by atoms with Crippen molar-refractivity contribution in [2.75, 3.05) is 12.8 Å². The zero-order chi connectivity index (χ0) is 12.4. The molecule has 0 saturated carbocycles. The molecule has 0 unspecified atom stereocenters. The van der Waals surface area contributed by atoms with E-state index in [1.165, 1.54) is 0 Å². The third kappa shape index (κ3) is 2.45. The minimum Gasteiger partial charge on any atom is -0.496 e. The van der Waals surface area contributed by atoms with E-state index >= 15 is 0 Å². The van der Waals surface area contributed by atoms with Gasteiger partial charge in [0.15, 0.2) is 5.82 Å². The van der Waals surface area contributed by atoms with Gasteiger partial charge in [-0.2, -0.15) is 9.97 Å². The molecule has 2 rings (SSSR count). The number of ether oxygens (including phenoxy) is 1. The molecule has 6 heteroatoms. The van der Waals surface area contributed by atoms with Gasteiger partial charge in [0.05, 0.1) is 12.7 Å².